The minimum atomic E-state index is -2.97. The predicted molar refractivity (Wildman–Crippen MR) is 112 cm³/mol. The van der Waals surface area contributed by atoms with Gasteiger partial charge >= 0.3 is 6.61 Å². The van der Waals surface area contributed by atoms with Gasteiger partial charge in [-0.2, -0.15) is 8.78 Å². The van der Waals surface area contributed by atoms with Crippen LogP contribution in [0.3, 0.4) is 0 Å². The molecule has 0 atom stereocenters. The van der Waals surface area contributed by atoms with Gasteiger partial charge in [-0.3, -0.25) is 9.59 Å². The number of rotatable bonds is 8. The minimum absolute atomic E-state index is 0.0468. The standard InChI is InChI=1S/C23H22F2N2O4/c1-26(14-17-10-11-19(31-23(24)25)20(13-17)30-2)21(28)18-9-6-12-27(22(18)29)15-16-7-4-3-5-8-16/h3-13,23H,14-15H2,1-2H3. The number of carbonyl (C=O) groups excluding carboxylic acids is 1. The fourth-order valence-corrected chi connectivity index (χ4v) is 3.16. The highest BCUT2D eigenvalue weighted by molar-refractivity contribution is 5.93. The Morgan fingerprint density at radius 1 is 1.03 bits per heavy atom. The van der Waals surface area contributed by atoms with Crippen molar-refractivity contribution in [1.82, 2.24) is 9.47 Å². The average molecular weight is 428 g/mol. The van der Waals surface area contributed by atoms with E-state index >= 15 is 0 Å². The molecule has 3 aromatic rings. The third kappa shape index (κ3) is 5.48. The smallest absolute Gasteiger partial charge is 0.387 e. The Hall–Kier alpha value is -3.68. The van der Waals surface area contributed by atoms with E-state index < -0.39 is 12.5 Å². The van der Waals surface area contributed by atoms with Gasteiger partial charge in [0.15, 0.2) is 11.5 Å². The number of nitrogens with zero attached hydrogens (tertiary/aromatic N) is 2. The number of carbonyl (C=O) groups is 1. The van der Waals surface area contributed by atoms with Crippen LogP contribution in [0.1, 0.15) is 21.5 Å². The molecule has 1 amide bonds. The maximum absolute atomic E-state index is 12.9. The number of halogens is 2. The zero-order chi connectivity index (χ0) is 22.4. The SMILES string of the molecule is COc1cc(CN(C)C(=O)c2cccn(Cc3ccccc3)c2=O)ccc1OC(F)F. The molecule has 8 heteroatoms. The lowest BCUT2D eigenvalue weighted by Crippen LogP contribution is -2.34. The van der Waals surface area contributed by atoms with E-state index in [0.717, 1.165) is 5.56 Å². The molecule has 3 rings (SSSR count). The Morgan fingerprint density at radius 3 is 2.45 bits per heavy atom. The number of pyridine rings is 1. The van der Waals surface area contributed by atoms with Gasteiger partial charge in [0.25, 0.3) is 11.5 Å². The second-order valence-electron chi connectivity index (χ2n) is 6.87. The summed E-state index contributed by atoms with van der Waals surface area (Å²) in [5, 5.41) is 0. The summed E-state index contributed by atoms with van der Waals surface area (Å²) in [6.45, 7) is -2.47. The quantitative estimate of drug-likeness (QED) is 0.548. The first kappa shape index (κ1) is 22.0. The van der Waals surface area contributed by atoms with Crippen molar-refractivity contribution < 1.29 is 23.0 Å². The van der Waals surface area contributed by atoms with Crippen LogP contribution in [0.25, 0.3) is 0 Å². The van der Waals surface area contributed by atoms with Crippen molar-refractivity contribution in [2.75, 3.05) is 14.2 Å². The van der Waals surface area contributed by atoms with E-state index in [1.54, 1.807) is 25.4 Å². The molecule has 0 bridgehead atoms. The third-order valence-corrected chi connectivity index (χ3v) is 4.66. The number of amides is 1. The number of ether oxygens (including phenoxy) is 2. The molecular formula is C23H22F2N2O4. The molecule has 0 aliphatic rings. The van der Waals surface area contributed by atoms with Crippen molar-refractivity contribution in [3.8, 4) is 11.5 Å². The van der Waals surface area contributed by atoms with Crippen LogP contribution in [-0.4, -0.2) is 36.1 Å². The topological polar surface area (TPSA) is 60.8 Å². The minimum Gasteiger partial charge on any atom is -0.493 e. The van der Waals surface area contributed by atoms with Gasteiger partial charge < -0.3 is 18.9 Å². The zero-order valence-electron chi connectivity index (χ0n) is 17.1. The molecular weight excluding hydrogens is 406 g/mol. The largest absolute Gasteiger partial charge is 0.493 e. The molecule has 0 spiro atoms. The van der Waals surface area contributed by atoms with Crippen molar-refractivity contribution >= 4 is 5.91 Å². The van der Waals surface area contributed by atoms with Crippen molar-refractivity contribution in [2.24, 2.45) is 0 Å². The van der Waals surface area contributed by atoms with Crippen LogP contribution in [0.4, 0.5) is 8.78 Å². The Bertz CT molecular complexity index is 1100. The van der Waals surface area contributed by atoms with E-state index in [0.29, 0.717) is 12.1 Å². The van der Waals surface area contributed by atoms with Gasteiger partial charge in [-0.1, -0.05) is 36.4 Å². The number of benzene rings is 2. The highest BCUT2D eigenvalue weighted by atomic mass is 19.3. The van der Waals surface area contributed by atoms with Gasteiger partial charge in [0, 0.05) is 19.8 Å². The summed E-state index contributed by atoms with van der Waals surface area (Å²) in [5.41, 5.74) is 1.24. The van der Waals surface area contributed by atoms with Crippen molar-refractivity contribution in [1.29, 1.82) is 0 Å². The fraction of sp³-hybridized carbons (Fsp3) is 0.217. The number of hydrogen-bond acceptors (Lipinski definition) is 4. The zero-order valence-corrected chi connectivity index (χ0v) is 17.1. The maximum atomic E-state index is 12.9. The van der Waals surface area contributed by atoms with Crippen molar-refractivity contribution in [2.45, 2.75) is 19.7 Å². The predicted octanol–water partition coefficient (Wildman–Crippen LogP) is 3.78. The van der Waals surface area contributed by atoms with Gasteiger partial charge in [-0.25, -0.2) is 0 Å². The highest BCUT2D eigenvalue weighted by Gasteiger charge is 2.18. The summed E-state index contributed by atoms with van der Waals surface area (Å²) >= 11 is 0. The Kier molecular flexibility index (Phi) is 7.02. The van der Waals surface area contributed by atoms with Gasteiger partial charge in [-0.15, -0.1) is 0 Å². The number of alkyl halides is 2. The van der Waals surface area contributed by atoms with E-state index in [2.05, 4.69) is 4.74 Å². The van der Waals surface area contributed by atoms with Gasteiger partial charge in [0.05, 0.1) is 13.7 Å². The van der Waals surface area contributed by atoms with E-state index in [4.69, 9.17) is 4.74 Å². The molecule has 6 nitrogen and oxygen atoms in total. The molecule has 0 aliphatic heterocycles. The number of hydrogen-bond donors (Lipinski definition) is 0. The Labute approximate surface area is 178 Å². The Morgan fingerprint density at radius 2 is 1.77 bits per heavy atom. The van der Waals surface area contributed by atoms with E-state index in [1.807, 2.05) is 30.3 Å². The molecule has 2 aromatic carbocycles. The van der Waals surface area contributed by atoms with E-state index in [9.17, 15) is 18.4 Å². The van der Waals surface area contributed by atoms with Crippen LogP contribution < -0.4 is 15.0 Å². The van der Waals surface area contributed by atoms with Crippen LogP contribution in [0.2, 0.25) is 0 Å². The molecule has 0 saturated heterocycles. The van der Waals surface area contributed by atoms with Gasteiger partial charge in [0.2, 0.25) is 0 Å². The molecule has 1 heterocycles. The Balaban J connectivity index is 1.77. The van der Waals surface area contributed by atoms with Crippen LogP contribution in [0.5, 0.6) is 11.5 Å². The molecule has 0 radical (unpaired) electrons. The number of aromatic nitrogens is 1. The average Bonchev–Trinajstić information content (AvgIpc) is 2.76. The van der Waals surface area contributed by atoms with Gasteiger partial charge in [-0.05, 0) is 35.4 Å². The molecule has 0 fully saturated rings. The first-order valence-electron chi connectivity index (χ1n) is 9.49. The lowest BCUT2D eigenvalue weighted by atomic mass is 10.1. The molecule has 0 unspecified atom stereocenters. The second kappa shape index (κ2) is 9.88. The lowest BCUT2D eigenvalue weighted by Gasteiger charge is -2.19. The fourth-order valence-electron chi connectivity index (χ4n) is 3.16. The summed E-state index contributed by atoms with van der Waals surface area (Å²) in [5.74, 6) is -0.412. The highest BCUT2D eigenvalue weighted by Crippen LogP contribution is 2.29. The molecule has 162 valence electrons. The molecule has 31 heavy (non-hydrogen) atoms. The van der Waals surface area contributed by atoms with Crippen LogP contribution in [-0.2, 0) is 13.1 Å². The lowest BCUT2D eigenvalue weighted by molar-refractivity contribution is -0.0512. The third-order valence-electron chi connectivity index (χ3n) is 4.66. The monoisotopic (exact) mass is 428 g/mol. The summed E-state index contributed by atoms with van der Waals surface area (Å²) in [4.78, 5) is 27.1. The van der Waals surface area contributed by atoms with Crippen molar-refractivity contribution in [3.63, 3.8) is 0 Å². The molecule has 1 aromatic heterocycles. The second-order valence-corrected chi connectivity index (χ2v) is 6.87. The summed E-state index contributed by atoms with van der Waals surface area (Å²) < 4.78 is 36.0. The van der Waals surface area contributed by atoms with Crippen LogP contribution in [0, 0.1) is 0 Å². The summed E-state index contributed by atoms with van der Waals surface area (Å²) in [6, 6.07) is 17.0. The first-order valence-corrected chi connectivity index (χ1v) is 9.49. The van der Waals surface area contributed by atoms with Crippen LogP contribution >= 0.6 is 0 Å². The molecule has 0 saturated carbocycles. The van der Waals surface area contributed by atoms with Crippen LogP contribution in [0.15, 0.2) is 71.7 Å². The molecule has 0 aliphatic carbocycles. The normalized spacial score (nSPS) is 10.7. The number of methoxy groups -OCH3 is 1. The van der Waals surface area contributed by atoms with Gasteiger partial charge in [0.1, 0.15) is 5.56 Å². The molecule has 0 N–H and O–H groups in total. The summed E-state index contributed by atoms with van der Waals surface area (Å²) in [6.07, 6.45) is 1.64. The first-order chi connectivity index (χ1) is 14.9. The van der Waals surface area contributed by atoms with E-state index in [-0.39, 0.29) is 29.2 Å². The van der Waals surface area contributed by atoms with Crippen molar-refractivity contribution in [3.05, 3.63) is 93.9 Å². The maximum Gasteiger partial charge on any atom is 0.387 e. The summed E-state index contributed by atoms with van der Waals surface area (Å²) in [7, 11) is 2.90. The van der Waals surface area contributed by atoms with E-state index in [1.165, 1.54) is 34.8 Å².